The number of rotatable bonds is 7. The van der Waals surface area contributed by atoms with Crippen LogP contribution in [-0.4, -0.2) is 26.0 Å². The van der Waals surface area contributed by atoms with E-state index in [-0.39, 0.29) is 22.7 Å². The van der Waals surface area contributed by atoms with Gasteiger partial charge in [-0.15, -0.1) is 11.3 Å². The molecule has 0 amide bonds. The van der Waals surface area contributed by atoms with E-state index in [0.29, 0.717) is 11.5 Å². The van der Waals surface area contributed by atoms with Crippen LogP contribution >= 0.6 is 11.3 Å². The van der Waals surface area contributed by atoms with E-state index in [1.54, 1.807) is 42.5 Å². The topological polar surface area (TPSA) is 61.8 Å². The predicted octanol–water partition coefficient (Wildman–Crippen LogP) is 4.88. The van der Waals surface area contributed by atoms with Crippen LogP contribution in [0.1, 0.15) is 25.6 Å². The Bertz CT molecular complexity index is 1010. The smallest absolute Gasteiger partial charge is 0.347 e. The van der Waals surface area contributed by atoms with Gasteiger partial charge in [-0.1, -0.05) is 18.2 Å². The van der Waals surface area contributed by atoms with Gasteiger partial charge in [0.2, 0.25) is 0 Å². The van der Waals surface area contributed by atoms with Gasteiger partial charge in [0.15, 0.2) is 5.78 Å². The van der Waals surface area contributed by atoms with E-state index < -0.39 is 5.97 Å². The van der Waals surface area contributed by atoms with Gasteiger partial charge in [-0.3, -0.25) is 4.79 Å². The second-order valence-corrected chi connectivity index (χ2v) is 6.64. The number of esters is 1. The van der Waals surface area contributed by atoms with Crippen LogP contribution in [0, 0.1) is 0 Å². The van der Waals surface area contributed by atoms with E-state index in [4.69, 9.17) is 14.2 Å². The molecule has 0 aliphatic carbocycles. The summed E-state index contributed by atoms with van der Waals surface area (Å²) in [4.78, 5) is 26.3. The standard InChI is InChI=1S/C22H18O5S/c1-25-15-9-11-17(19(23)12-10-16-6-5-13-28-16)21(14-15)27-22(24)18-7-3-4-8-20(18)26-2/h3-14H,1-2H3/b12-10+. The predicted molar refractivity (Wildman–Crippen MR) is 109 cm³/mol. The van der Waals surface area contributed by atoms with E-state index in [1.165, 1.54) is 37.7 Å². The van der Waals surface area contributed by atoms with Crippen molar-refractivity contribution >= 4 is 29.2 Å². The number of methoxy groups -OCH3 is 2. The molecule has 0 N–H and O–H groups in total. The molecular formula is C22H18O5S. The largest absolute Gasteiger partial charge is 0.497 e. The zero-order valence-electron chi connectivity index (χ0n) is 15.4. The summed E-state index contributed by atoms with van der Waals surface area (Å²) >= 11 is 1.52. The zero-order valence-corrected chi connectivity index (χ0v) is 16.2. The number of thiophene rings is 1. The normalized spacial score (nSPS) is 10.6. The maximum Gasteiger partial charge on any atom is 0.347 e. The number of benzene rings is 2. The van der Waals surface area contributed by atoms with Crippen LogP contribution in [-0.2, 0) is 0 Å². The Labute approximate surface area is 166 Å². The lowest BCUT2D eigenvalue weighted by Gasteiger charge is -2.12. The fourth-order valence-electron chi connectivity index (χ4n) is 2.52. The van der Waals surface area contributed by atoms with E-state index in [9.17, 15) is 9.59 Å². The van der Waals surface area contributed by atoms with Crippen molar-refractivity contribution < 1.29 is 23.8 Å². The highest BCUT2D eigenvalue weighted by Gasteiger charge is 2.19. The van der Waals surface area contributed by atoms with E-state index >= 15 is 0 Å². The first-order valence-corrected chi connectivity index (χ1v) is 9.29. The minimum absolute atomic E-state index is 0.121. The summed E-state index contributed by atoms with van der Waals surface area (Å²) in [6.07, 6.45) is 3.18. The van der Waals surface area contributed by atoms with Crippen LogP contribution in [0.2, 0.25) is 0 Å². The second-order valence-electron chi connectivity index (χ2n) is 5.66. The zero-order chi connectivity index (χ0) is 19.9. The summed E-state index contributed by atoms with van der Waals surface area (Å²) < 4.78 is 15.9. The van der Waals surface area contributed by atoms with Crippen molar-refractivity contribution in [2.75, 3.05) is 14.2 Å². The highest BCUT2D eigenvalue weighted by Crippen LogP contribution is 2.28. The molecule has 0 unspecified atom stereocenters. The number of hydrogen-bond acceptors (Lipinski definition) is 6. The number of para-hydroxylation sites is 1. The number of carbonyl (C=O) groups is 2. The molecule has 1 heterocycles. The molecule has 0 fully saturated rings. The van der Waals surface area contributed by atoms with Crippen LogP contribution in [0.15, 0.2) is 66.1 Å². The molecule has 0 atom stereocenters. The van der Waals surface area contributed by atoms with Crippen molar-refractivity contribution in [3.05, 3.63) is 82.1 Å². The second kappa shape index (κ2) is 9.01. The molecule has 0 saturated carbocycles. The molecular weight excluding hydrogens is 376 g/mol. The maximum absolute atomic E-state index is 12.7. The van der Waals surface area contributed by atoms with Gasteiger partial charge in [0.1, 0.15) is 22.8 Å². The van der Waals surface area contributed by atoms with Crippen molar-refractivity contribution in [1.29, 1.82) is 0 Å². The average Bonchev–Trinajstić information content (AvgIpc) is 3.25. The number of ketones is 1. The summed E-state index contributed by atoms with van der Waals surface area (Å²) in [6.45, 7) is 0. The molecule has 3 rings (SSSR count). The van der Waals surface area contributed by atoms with Gasteiger partial charge in [-0.05, 0) is 47.9 Å². The van der Waals surface area contributed by atoms with Gasteiger partial charge >= 0.3 is 5.97 Å². The highest BCUT2D eigenvalue weighted by atomic mass is 32.1. The summed E-state index contributed by atoms with van der Waals surface area (Å²) in [7, 11) is 2.97. The summed E-state index contributed by atoms with van der Waals surface area (Å²) in [5.41, 5.74) is 0.525. The average molecular weight is 394 g/mol. The van der Waals surface area contributed by atoms with Crippen molar-refractivity contribution in [2.24, 2.45) is 0 Å². The molecule has 142 valence electrons. The molecule has 0 aliphatic heterocycles. The molecule has 0 aliphatic rings. The molecule has 0 radical (unpaired) electrons. The van der Waals surface area contributed by atoms with E-state index in [0.717, 1.165) is 4.88 Å². The number of ether oxygens (including phenoxy) is 3. The van der Waals surface area contributed by atoms with Crippen molar-refractivity contribution in [3.8, 4) is 17.2 Å². The fourth-order valence-corrected chi connectivity index (χ4v) is 3.14. The molecule has 2 aromatic carbocycles. The van der Waals surface area contributed by atoms with Crippen molar-refractivity contribution in [1.82, 2.24) is 0 Å². The van der Waals surface area contributed by atoms with Crippen LogP contribution < -0.4 is 14.2 Å². The lowest BCUT2D eigenvalue weighted by atomic mass is 10.1. The molecule has 6 heteroatoms. The summed E-state index contributed by atoms with van der Waals surface area (Å²) in [5, 5.41) is 1.93. The van der Waals surface area contributed by atoms with Gasteiger partial charge in [0.05, 0.1) is 19.8 Å². The molecule has 0 saturated heterocycles. The molecule has 0 bridgehead atoms. The third-order valence-electron chi connectivity index (χ3n) is 3.93. The monoisotopic (exact) mass is 394 g/mol. The fraction of sp³-hybridized carbons (Fsp3) is 0.0909. The maximum atomic E-state index is 12.7. The Balaban J connectivity index is 1.90. The first kappa shape index (κ1) is 19.4. The number of carbonyl (C=O) groups excluding carboxylic acids is 2. The molecule has 28 heavy (non-hydrogen) atoms. The highest BCUT2D eigenvalue weighted by molar-refractivity contribution is 7.10. The van der Waals surface area contributed by atoms with Gasteiger partial charge in [-0.2, -0.15) is 0 Å². The first-order valence-electron chi connectivity index (χ1n) is 8.41. The van der Waals surface area contributed by atoms with Gasteiger partial charge < -0.3 is 14.2 Å². The lowest BCUT2D eigenvalue weighted by Crippen LogP contribution is -2.12. The Morgan fingerprint density at radius 2 is 1.71 bits per heavy atom. The summed E-state index contributed by atoms with van der Waals surface area (Å²) in [5.74, 6) is 0.0828. The molecule has 1 aromatic heterocycles. The Kier molecular flexibility index (Phi) is 6.24. The Morgan fingerprint density at radius 3 is 2.43 bits per heavy atom. The van der Waals surface area contributed by atoms with E-state index in [1.807, 2.05) is 17.5 Å². The van der Waals surface area contributed by atoms with Crippen LogP contribution in [0.4, 0.5) is 0 Å². The Hall–Kier alpha value is -3.38. The minimum atomic E-state index is -0.623. The molecule has 3 aromatic rings. The third-order valence-corrected chi connectivity index (χ3v) is 4.76. The van der Waals surface area contributed by atoms with Crippen molar-refractivity contribution in [2.45, 2.75) is 0 Å². The first-order chi connectivity index (χ1) is 13.6. The Morgan fingerprint density at radius 1 is 0.893 bits per heavy atom. The van der Waals surface area contributed by atoms with Gasteiger partial charge in [0, 0.05) is 10.9 Å². The van der Waals surface area contributed by atoms with Crippen LogP contribution in [0.5, 0.6) is 17.2 Å². The van der Waals surface area contributed by atoms with E-state index in [2.05, 4.69) is 0 Å². The van der Waals surface area contributed by atoms with Gasteiger partial charge in [-0.25, -0.2) is 4.79 Å². The van der Waals surface area contributed by atoms with Gasteiger partial charge in [0.25, 0.3) is 0 Å². The van der Waals surface area contributed by atoms with Crippen LogP contribution in [0.3, 0.4) is 0 Å². The number of hydrogen-bond donors (Lipinski definition) is 0. The third kappa shape index (κ3) is 4.47. The molecule has 0 spiro atoms. The van der Waals surface area contributed by atoms with Crippen molar-refractivity contribution in [3.63, 3.8) is 0 Å². The lowest BCUT2D eigenvalue weighted by molar-refractivity contribution is 0.0729. The summed E-state index contributed by atoms with van der Waals surface area (Å²) in [6, 6.07) is 15.3. The van der Waals surface area contributed by atoms with Crippen LogP contribution in [0.25, 0.3) is 6.08 Å². The number of allylic oxidation sites excluding steroid dienone is 1. The minimum Gasteiger partial charge on any atom is -0.497 e. The quantitative estimate of drug-likeness (QED) is 0.247. The molecule has 5 nitrogen and oxygen atoms in total. The SMILES string of the molecule is COc1ccc(C(=O)/C=C/c2cccs2)c(OC(=O)c2ccccc2OC)c1.